The zero-order valence-corrected chi connectivity index (χ0v) is 15.0. The van der Waals surface area contributed by atoms with Crippen molar-refractivity contribution in [2.75, 3.05) is 6.61 Å². The molecule has 3 nitrogen and oxygen atoms in total. The van der Waals surface area contributed by atoms with Crippen LogP contribution in [0.15, 0.2) is 60.7 Å². The number of halogens is 1. The molecule has 0 heterocycles. The highest BCUT2D eigenvalue weighted by molar-refractivity contribution is 14.1. The Morgan fingerprint density at radius 3 is 2.67 bits per heavy atom. The van der Waals surface area contributed by atoms with E-state index in [1.807, 2.05) is 92.3 Å². The second-order valence-electron chi connectivity index (χ2n) is 3.79. The number of benzene rings is 1. The molecular weight excluding hydrogens is 379 g/mol. The third-order valence-electron chi connectivity index (χ3n) is 2.18. The maximum atomic E-state index is 5.13. The van der Waals surface area contributed by atoms with E-state index < -0.39 is 0 Å². The summed E-state index contributed by atoms with van der Waals surface area (Å²) in [5.74, 6) is 0.792. The Hall–Kier alpha value is -1.11. The van der Waals surface area contributed by atoms with Crippen molar-refractivity contribution in [1.29, 1.82) is 0 Å². The van der Waals surface area contributed by atoms with Crippen molar-refractivity contribution < 1.29 is 12.8 Å². The Bertz CT molecular complexity index is 453. The van der Waals surface area contributed by atoms with Gasteiger partial charge in [0, 0.05) is 0 Å². The summed E-state index contributed by atoms with van der Waals surface area (Å²) < 4.78 is 5.10. The minimum absolute atomic E-state index is 0.344. The predicted octanol–water partition coefficient (Wildman–Crippen LogP) is 5.58. The number of hydrogen-bond acceptors (Lipinski definition) is 3. The monoisotopic (exact) mass is 402 g/mol. The fourth-order valence-corrected chi connectivity index (χ4v) is 1.54. The van der Waals surface area contributed by atoms with Gasteiger partial charge in [0.2, 0.25) is 0 Å². The standard InChI is InChI=1S/C15H17IO3.C2H6/c1-3-4-5-7-13(2)11-17-18-12-14-8-6-9-15(10-14)19-16;1-2/h3-10H,2,11-12H2,1H3;1-2H3/b4-3-,7-5-;. The van der Waals surface area contributed by atoms with Crippen LogP contribution < -0.4 is 3.07 Å². The van der Waals surface area contributed by atoms with E-state index in [2.05, 4.69) is 6.58 Å². The van der Waals surface area contributed by atoms with Gasteiger partial charge in [0.15, 0.2) is 23.0 Å². The maximum absolute atomic E-state index is 5.13. The Morgan fingerprint density at radius 2 is 2.00 bits per heavy atom. The molecule has 0 saturated heterocycles. The van der Waals surface area contributed by atoms with Gasteiger partial charge in [-0.25, -0.2) is 9.78 Å². The molecular formula is C17H23IO3. The van der Waals surface area contributed by atoms with Gasteiger partial charge in [-0.2, -0.15) is 0 Å². The van der Waals surface area contributed by atoms with E-state index in [0.29, 0.717) is 13.2 Å². The summed E-state index contributed by atoms with van der Waals surface area (Å²) in [6.07, 6.45) is 7.67. The van der Waals surface area contributed by atoms with Crippen molar-refractivity contribution in [3.63, 3.8) is 0 Å². The summed E-state index contributed by atoms with van der Waals surface area (Å²) >= 11 is 1.84. The number of rotatable bonds is 8. The van der Waals surface area contributed by atoms with Gasteiger partial charge in [0.1, 0.15) is 19.0 Å². The molecule has 1 aromatic carbocycles. The average molecular weight is 402 g/mol. The van der Waals surface area contributed by atoms with Crippen molar-refractivity contribution in [3.8, 4) is 5.75 Å². The second kappa shape index (κ2) is 13.9. The van der Waals surface area contributed by atoms with Crippen LogP contribution in [0, 0.1) is 0 Å². The van der Waals surface area contributed by atoms with E-state index in [1.165, 1.54) is 0 Å². The Balaban J connectivity index is 0.00000191. The van der Waals surface area contributed by atoms with Crippen LogP contribution in [-0.2, 0) is 16.4 Å². The topological polar surface area (TPSA) is 27.7 Å². The Morgan fingerprint density at radius 1 is 1.24 bits per heavy atom. The first-order valence-electron chi connectivity index (χ1n) is 6.85. The van der Waals surface area contributed by atoms with Crippen LogP contribution in [0.25, 0.3) is 0 Å². The van der Waals surface area contributed by atoms with Gasteiger partial charge in [-0.05, 0) is 30.2 Å². The van der Waals surface area contributed by atoms with Crippen molar-refractivity contribution in [2.45, 2.75) is 27.4 Å². The molecule has 21 heavy (non-hydrogen) atoms. The number of allylic oxidation sites excluding steroid dienone is 3. The lowest BCUT2D eigenvalue weighted by Crippen LogP contribution is -1.98. The van der Waals surface area contributed by atoms with Crippen LogP contribution >= 0.6 is 23.0 Å². The van der Waals surface area contributed by atoms with Gasteiger partial charge >= 0.3 is 0 Å². The minimum atomic E-state index is 0.344. The molecule has 0 unspecified atom stereocenters. The predicted molar refractivity (Wildman–Crippen MR) is 96.3 cm³/mol. The third-order valence-corrected chi connectivity index (χ3v) is 2.68. The molecule has 116 valence electrons. The summed E-state index contributed by atoms with van der Waals surface area (Å²) in [5, 5.41) is 0. The molecule has 0 bridgehead atoms. The molecule has 0 saturated carbocycles. The fraction of sp³-hybridized carbons (Fsp3) is 0.294. The Labute approximate surface area is 141 Å². The SMILES string of the molecule is C=C(/C=C\C=C/C)COOCc1cccc(OI)c1.CC. The average Bonchev–Trinajstić information content (AvgIpc) is 2.54. The van der Waals surface area contributed by atoms with E-state index in [4.69, 9.17) is 12.8 Å². The zero-order chi connectivity index (χ0) is 15.9. The molecule has 0 amide bonds. The van der Waals surface area contributed by atoms with E-state index >= 15 is 0 Å². The molecule has 0 fully saturated rings. The van der Waals surface area contributed by atoms with Crippen LogP contribution in [-0.4, -0.2) is 6.61 Å². The lowest BCUT2D eigenvalue weighted by Gasteiger charge is -2.05. The van der Waals surface area contributed by atoms with Crippen molar-refractivity contribution in [3.05, 3.63) is 66.3 Å². The summed E-state index contributed by atoms with van der Waals surface area (Å²) in [4.78, 5) is 10.2. The largest absolute Gasteiger partial charge is 0.428 e. The zero-order valence-electron chi connectivity index (χ0n) is 12.8. The molecule has 4 heteroatoms. The molecule has 0 aromatic heterocycles. The van der Waals surface area contributed by atoms with Gasteiger partial charge in [-0.3, -0.25) is 0 Å². The highest BCUT2D eigenvalue weighted by Gasteiger charge is 1.97. The minimum Gasteiger partial charge on any atom is -0.428 e. The highest BCUT2D eigenvalue weighted by Crippen LogP contribution is 2.16. The van der Waals surface area contributed by atoms with Gasteiger partial charge in [-0.15, -0.1) is 0 Å². The first-order chi connectivity index (χ1) is 10.3. The molecule has 0 spiro atoms. The van der Waals surface area contributed by atoms with Gasteiger partial charge in [0.05, 0.1) is 0 Å². The molecule has 0 aliphatic rings. The van der Waals surface area contributed by atoms with E-state index in [-0.39, 0.29) is 0 Å². The summed E-state index contributed by atoms with van der Waals surface area (Å²) in [6.45, 7) is 10.5. The fourth-order valence-electron chi connectivity index (χ4n) is 1.26. The summed E-state index contributed by atoms with van der Waals surface area (Å²) in [5.41, 5.74) is 1.84. The molecule has 0 N–H and O–H groups in total. The molecule has 0 aliphatic carbocycles. The molecule has 1 aromatic rings. The second-order valence-corrected chi connectivity index (χ2v) is 4.23. The third kappa shape index (κ3) is 10.3. The molecule has 0 radical (unpaired) electrons. The van der Waals surface area contributed by atoms with Crippen LogP contribution in [0.4, 0.5) is 0 Å². The molecule has 0 atom stereocenters. The summed E-state index contributed by atoms with van der Waals surface area (Å²) in [6, 6.07) is 7.63. The Kier molecular flexibility index (Phi) is 13.1. The van der Waals surface area contributed by atoms with Crippen LogP contribution in [0.1, 0.15) is 26.3 Å². The van der Waals surface area contributed by atoms with Crippen molar-refractivity contribution >= 4 is 23.0 Å². The van der Waals surface area contributed by atoms with Gasteiger partial charge in [-0.1, -0.05) is 56.9 Å². The van der Waals surface area contributed by atoms with Gasteiger partial charge < -0.3 is 3.07 Å². The maximum Gasteiger partial charge on any atom is 0.192 e. The first kappa shape index (κ1) is 19.9. The van der Waals surface area contributed by atoms with Crippen LogP contribution in [0.3, 0.4) is 0 Å². The van der Waals surface area contributed by atoms with Crippen molar-refractivity contribution in [2.24, 2.45) is 0 Å². The quantitative estimate of drug-likeness (QED) is 0.187. The molecule has 1 rings (SSSR count). The highest BCUT2D eigenvalue weighted by atomic mass is 127. The van der Waals surface area contributed by atoms with E-state index in [9.17, 15) is 0 Å². The van der Waals surface area contributed by atoms with Crippen molar-refractivity contribution in [1.82, 2.24) is 0 Å². The summed E-state index contributed by atoms with van der Waals surface area (Å²) in [7, 11) is 0. The lowest BCUT2D eigenvalue weighted by atomic mass is 10.2. The lowest BCUT2D eigenvalue weighted by molar-refractivity contribution is -0.297. The van der Waals surface area contributed by atoms with E-state index in [1.54, 1.807) is 0 Å². The van der Waals surface area contributed by atoms with Crippen LogP contribution in [0.5, 0.6) is 5.75 Å². The smallest absolute Gasteiger partial charge is 0.192 e. The van der Waals surface area contributed by atoms with Gasteiger partial charge in [0.25, 0.3) is 0 Å². The molecule has 0 aliphatic heterocycles. The van der Waals surface area contributed by atoms with Crippen LogP contribution in [0.2, 0.25) is 0 Å². The number of hydrogen-bond donors (Lipinski definition) is 0. The normalized spacial score (nSPS) is 10.5. The first-order valence-corrected chi connectivity index (χ1v) is 7.73. The van der Waals surface area contributed by atoms with E-state index in [0.717, 1.165) is 16.9 Å².